The molecule has 0 saturated heterocycles. The van der Waals surface area contributed by atoms with E-state index in [4.69, 9.17) is 5.11 Å². The van der Waals surface area contributed by atoms with Crippen LogP contribution in [0.25, 0.3) is 0 Å². The second-order valence-electron chi connectivity index (χ2n) is 2.41. The maximum Gasteiger partial charge on any atom is 0.257 e. The average molecular weight is 200 g/mol. The van der Waals surface area contributed by atoms with E-state index in [1.54, 1.807) is 0 Å². The molecule has 13 heavy (non-hydrogen) atoms. The van der Waals surface area contributed by atoms with Crippen molar-refractivity contribution in [1.82, 2.24) is 9.55 Å². The highest BCUT2D eigenvalue weighted by Gasteiger charge is 2.05. The maximum absolute atomic E-state index is 11.3. The van der Waals surface area contributed by atoms with Crippen molar-refractivity contribution in [3.05, 3.63) is 16.4 Å². The Morgan fingerprint density at radius 1 is 1.62 bits per heavy atom. The molecule has 0 aromatic carbocycles. The zero-order valence-corrected chi connectivity index (χ0v) is 8.47. The van der Waals surface area contributed by atoms with Crippen LogP contribution in [-0.4, -0.2) is 20.4 Å². The van der Waals surface area contributed by atoms with Gasteiger partial charge in [0.05, 0.1) is 6.07 Å². The SMILES string of the molecule is CCSc1nc(O)cc(=O)n1CC. The van der Waals surface area contributed by atoms with E-state index in [2.05, 4.69) is 4.98 Å². The summed E-state index contributed by atoms with van der Waals surface area (Å²) in [6, 6.07) is 1.13. The second-order valence-corrected chi connectivity index (χ2v) is 3.64. The Hall–Kier alpha value is -0.970. The number of thioether (sulfide) groups is 1. The molecular weight excluding hydrogens is 188 g/mol. The van der Waals surface area contributed by atoms with Gasteiger partial charge in [0, 0.05) is 6.54 Å². The summed E-state index contributed by atoms with van der Waals surface area (Å²) in [7, 11) is 0. The van der Waals surface area contributed by atoms with Crippen molar-refractivity contribution in [2.24, 2.45) is 0 Å². The topological polar surface area (TPSA) is 55.1 Å². The van der Waals surface area contributed by atoms with E-state index < -0.39 is 0 Å². The van der Waals surface area contributed by atoms with Crippen LogP contribution in [0.2, 0.25) is 0 Å². The quantitative estimate of drug-likeness (QED) is 0.586. The minimum atomic E-state index is -0.203. The van der Waals surface area contributed by atoms with Crippen LogP contribution in [0.3, 0.4) is 0 Å². The molecule has 1 rings (SSSR count). The molecule has 0 aliphatic carbocycles. The van der Waals surface area contributed by atoms with Gasteiger partial charge in [0.15, 0.2) is 5.16 Å². The lowest BCUT2D eigenvalue weighted by molar-refractivity contribution is 0.434. The number of hydrogen-bond acceptors (Lipinski definition) is 4. The van der Waals surface area contributed by atoms with Gasteiger partial charge in [-0.15, -0.1) is 0 Å². The van der Waals surface area contributed by atoms with Gasteiger partial charge < -0.3 is 5.11 Å². The van der Waals surface area contributed by atoms with Crippen LogP contribution in [0.5, 0.6) is 5.88 Å². The number of hydrogen-bond donors (Lipinski definition) is 1. The third-order valence-electron chi connectivity index (χ3n) is 1.55. The molecule has 0 spiro atoms. The van der Waals surface area contributed by atoms with Crippen molar-refractivity contribution in [3.63, 3.8) is 0 Å². The Labute approximate surface area is 80.6 Å². The van der Waals surface area contributed by atoms with E-state index in [1.165, 1.54) is 16.3 Å². The van der Waals surface area contributed by atoms with E-state index in [-0.39, 0.29) is 11.4 Å². The van der Waals surface area contributed by atoms with E-state index >= 15 is 0 Å². The van der Waals surface area contributed by atoms with Gasteiger partial charge in [0.1, 0.15) is 0 Å². The standard InChI is InChI=1S/C8H12N2O2S/c1-3-10-7(12)5-6(11)9-8(10)13-4-2/h5,11H,3-4H2,1-2H3. The molecular formula is C8H12N2O2S. The van der Waals surface area contributed by atoms with Gasteiger partial charge in [-0.1, -0.05) is 18.7 Å². The Kier molecular flexibility index (Phi) is 3.36. The van der Waals surface area contributed by atoms with Gasteiger partial charge in [-0.05, 0) is 12.7 Å². The van der Waals surface area contributed by atoms with Crippen molar-refractivity contribution in [2.75, 3.05) is 5.75 Å². The predicted octanol–water partition coefficient (Wildman–Crippen LogP) is 1.08. The number of aromatic nitrogens is 2. The summed E-state index contributed by atoms with van der Waals surface area (Å²) >= 11 is 1.45. The van der Waals surface area contributed by atoms with Crippen molar-refractivity contribution in [2.45, 2.75) is 25.5 Å². The number of rotatable bonds is 3. The normalized spacial score (nSPS) is 10.3. The largest absolute Gasteiger partial charge is 0.493 e. The summed E-state index contributed by atoms with van der Waals surface area (Å²) in [4.78, 5) is 15.2. The first-order valence-electron chi connectivity index (χ1n) is 4.12. The summed E-state index contributed by atoms with van der Waals surface area (Å²) in [6.45, 7) is 4.43. The highest BCUT2D eigenvalue weighted by molar-refractivity contribution is 7.99. The molecule has 1 aromatic heterocycles. The zero-order valence-electron chi connectivity index (χ0n) is 7.65. The molecule has 72 valence electrons. The monoisotopic (exact) mass is 200 g/mol. The van der Waals surface area contributed by atoms with Gasteiger partial charge in [-0.25, -0.2) is 0 Å². The van der Waals surface area contributed by atoms with Gasteiger partial charge in [-0.2, -0.15) is 4.98 Å². The van der Waals surface area contributed by atoms with Gasteiger partial charge >= 0.3 is 0 Å². The van der Waals surface area contributed by atoms with Crippen LogP contribution in [0.1, 0.15) is 13.8 Å². The molecule has 0 amide bonds. The van der Waals surface area contributed by atoms with Crippen LogP contribution < -0.4 is 5.56 Å². The van der Waals surface area contributed by atoms with Crippen LogP contribution in [-0.2, 0) is 6.54 Å². The molecule has 0 aliphatic heterocycles. The van der Waals surface area contributed by atoms with Crippen molar-refractivity contribution < 1.29 is 5.11 Å². The molecule has 1 N–H and O–H groups in total. The molecule has 0 unspecified atom stereocenters. The Morgan fingerprint density at radius 2 is 2.31 bits per heavy atom. The third-order valence-corrected chi connectivity index (χ3v) is 2.41. The first kappa shape index (κ1) is 10.1. The molecule has 1 aromatic rings. The van der Waals surface area contributed by atoms with Crippen LogP contribution >= 0.6 is 11.8 Å². The molecule has 0 saturated carbocycles. The fourth-order valence-electron chi connectivity index (χ4n) is 1.00. The minimum absolute atomic E-state index is 0.203. The molecule has 0 radical (unpaired) electrons. The Balaban J connectivity index is 3.21. The van der Waals surface area contributed by atoms with Gasteiger partial charge in [0.25, 0.3) is 5.56 Å². The predicted molar refractivity (Wildman–Crippen MR) is 52.2 cm³/mol. The smallest absolute Gasteiger partial charge is 0.257 e. The van der Waals surface area contributed by atoms with E-state index in [9.17, 15) is 4.79 Å². The van der Waals surface area contributed by atoms with E-state index in [0.717, 1.165) is 11.8 Å². The lowest BCUT2D eigenvalue weighted by atomic mass is 10.6. The third kappa shape index (κ3) is 2.24. The zero-order chi connectivity index (χ0) is 9.84. The molecule has 0 atom stereocenters. The molecule has 0 fully saturated rings. The van der Waals surface area contributed by atoms with E-state index in [1.807, 2.05) is 13.8 Å². The molecule has 4 nitrogen and oxygen atoms in total. The average Bonchev–Trinajstić information content (AvgIpc) is 2.04. The number of nitrogens with zero attached hydrogens (tertiary/aromatic N) is 2. The molecule has 0 aliphatic rings. The first-order chi connectivity index (χ1) is 6.19. The van der Waals surface area contributed by atoms with Gasteiger partial charge in [0.2, 0.25) is 5.88 Å². The molecule has 5 heteroatoms. The first-order valence-corrected chi connectivity index (χ1v) is 5.11. The number of aromatic hydroxyl groups is 1. The molecule has 1 heterocycles. The summed E-state index contributed by atoms with van der Waals surface area (Å²) in [5.41, 5.74) is -0.203. The van der Waals surface area contributed by atoms with Crippen molar-refractivity contribution in [1.29, 1.82) is 0 Å². The summed E-state index contributed by atoms with van der Waals surface area (Å²) < 4.78 is 1.54. The highest BCUT2D eigenvalue weighted by atomic mass is 32.2. The second kappa shape index (κ2) is 4.32. The van der Waals surface area contributed by atoms with Crippen molar-refractivity contribution in [3.8, 4) is 5.88 Å². The highest BCUT2D eigenvalue weighted by Crippen LogP contribution is 2.15. The van der Waals surface area contributed by atoms with Crippen LogP contribution in [0, 0.1) is 0 Å². The van der Waals surface area contributed by atoms with E-state index in [0.29, 0.717) is 11.7 Å². The molecule has 0 bridgehead atoms. The fourth-order valence-corrected chi connectivity index (χ4v) is 1.79. The lowest BCUT2D eigenvalue weighted by Crippen LogP contribution is -2.20. The fraction of sp³-hybridized carbons (Fsp3) is 0.500. The Bertz CT molecular complexity index is 348. The summed E-state index contributed by atoms with van der Waals surface area (Å²) in [6.07, 6.45) is 0. The van der Waals surface area contributed by atoms with Crippen molar-refractivity contribution >= 4 is 11.8 Å². The summed E-state index contributed by atoms with van der Waals surface area (Å²) in [5.74, 6) is 0.626. The van der Waals surface area contributed by atoms with Gasteiger partial charge in [-0.3, -0.25) is 9.36 Å². The van der Waals surface area contributed by atoms with Crippen LogP contribution in [0.15, 0.2) is 16.0 Å². The maximum atomic E-state index is 11.3. The lowest BCUT2D eigenvalue weighted by Gasteiger charge is -2.07. The summed E-state index contributed by atoms with van der Waals surface area (Å²) in [5, 5.41) is 9.68. The minimum Gasteiger partial charge on any atom is -0.493 e. The van der Waals surface area contributed by atoms with Crippen LogP contribution in [0.4, 0.5) is 0 Å². The Morgan fingerprint density at radius 3 is 2.85 bits per heavy atom.